The van der Waals surface area contributed by atoms with Crippen LogP contribution in [-0.4, -0.2) is 20.7 Å². The first-order chi connectivity index (χ1) is 12.6. The first-order valence-corrected chi connectivity index (χ1v) is 9.71. The van der Waals surface area contributed by atoms with Gasteiger partial charge in [0.1, 0.15) is 5.82 Å². The first-order valence-electron chi connectivity index (χ1n) is 8.66. The lowest BCUT2D eigenvalue weighted by Gasteiger charge is -2.12. The van der Waals surface area contributed by atoms with Gasteiger partial charge in [0.25, 0.3) is 0 Å². The molecule has 5 heteroatoms. The SMILES string of the molecule is Cc1nccn1-c1ccc(CNC(=O)C(C)SCc2ccccc2)cc1. The normalized spacial score (nSPS) is 11.9. The van der Waals surface area contributed by atoms with Crippen molar-refractivity contribution in [2.45, 2.75) is 31.4 Å². The Kier molecular flexibility index (Phi) is 6.12. The van der Waals surface area contributed by atoms with Crippen molar-refractivity contribution in [2.24, 2.45) is 0 Å². The smallest absolute Gasteiger partial charge is 0.233 e. The van der Waals surface area contributed by atoms with Crippen molar-refractivity contribution in [2.75, 3.05) is 0 Å². The Morgan fingerprint density at radius 3 is 2.50 bits per heavy atom. The van der Waals surface area contributed by atoms with Crippen LogP contribution in [0.4, 0.5) is 0 Å². The minimum absolute atomic E-state index is 0.0699. The van der Waals surface area contributed by atoms with Gasteiger partial charge in [0.05, 0.1) is 5.25 Å². The molecule has 2 aromatic carbocycles. The van der Waals surface area contributed by atoms with Gasteiger partial charge in [-0.1, -0.05) is 42.5 Å². The molecule has 0 bridgehead atoms. The third kappa shape index (κ3) is 4.76. The van der Waals surface area contributed by atoms with E-state index in [4.69, 9.17) is 0 Å². The summed E-state index contributed by atoms with van der Waals surface area (Å²) in [5.74, 6) is 1.87. The summed E-state index contributed by atoms with van der Waals surface area (Å²) in [7, 11) is 0. The van der Waals surface area contributed by atoms with E-state index in [9.17, 15) is 4.79 Å². The maximum absolute atomic E-state index is 12.3. The lowest BCUT2D eigenvalue weighted by molar-refractivity contribution is -0.120. The van der Waals surface area contributed by atoms with Crippen molar-refractivity contribution >= 4 is 17.7 Å². The number of imidazole rings is 1. The Bertz CT molecular complexity index is 843. The fourth-order valence-corrected chi connectivity index (χ4v) is 3.50. The number of rotatable bonds is 7. The summed E-state index contributed by atoms with van der Waals surface area (Å²) in [6, 6.07) is 18.4. The number of aryl methyl sites for hydroxylation is 1. The number of carbonyl (C=O) groups is 1. The van der Waals surface area contributed by atoms with Gasteiger partial charge < -0.3 is 9.88 Å². The van der Waals surface area contributed by atoms with E-state index >= 15 is 0 Å². The molecule has 0 aliphatic carbocycles. The van der Waals surface area contributed by atoms with Crippen LogP contribution in [0.15, 0.2) is 67.0 Å². The predicted octanol–water partition coefficient (Wildman–Crippen LogP) is 4.12. The zero-order valence-electron chi connectivity index (χ0n) is 15.1. The summed E-state index contributed by atoms with van der Waals surface area (Å²) >= 11 is 1.65. The molecule has 1 heterocycles. The molecule has 0 fully saturated rings. The zero-order chi connectivity index (χ0) is 18.4. The topological polar surface area (TPSA) is 46.9 Å². The average molecular weight is 366 g/mol. The molecule has 3 aromatic rings. The monoisotopic (exact) mass is 365 g/mol. The Balaban J connectivity index is 1.48. The quantitative estimate of drug-likeness (QED) is 0.685. The van der Waals surface area contributed by atoms with Crippen LogP contribution in [-0.2, 0) is 17.1 Å². The molecule has 26 heavy (non-hydrogen) atoms. The molecule has 3 rings (SSSR count). The number of aromatic nitrogens is 2. The Morgan fingerprint density at radius 2 is 1.85 bits per heavy atom. The second-order valence-corrected chi connectivity index (χ2v) is 7.50. The highest BCUT2D eigenvalue weighted by atomic mass is 32.2. The van der Waals surface area contributed by atoms with Gasteiger partial charge in [-0.25, -0.2) is 4.98 Å². The van der Waals surface area contributed by atoms with E-state index in [1.54, 1.807) is 18.0 Å². The Labute approximate surface area is 158 Å². The number of nitrogens with zero attached hydrogens (tertiary/aromatic N) is 2. The molecule has 1 amide bonds. The third-order valence-corrected chi connectivity index (χ3v) is 5.43. The highest BCUT2D eigenvalue weighted by Crippen LogP contribution is 2.18. The summed E-state index contributed by atoms with van der Waals surface area (Å²) in [6.07, 6.45) is 3.73. The fourth-order valence-electron chi connectivity index (χ4n) is 2.63. The van der Waals surface area contributed by atoms with Gasteiger partial charge >= 0.3 is 0 Å². The van der Waals surface area contributed by atoms with Crippen molar-refractivity contribution in [3.8, 4) is 5.69 Å². The predicted molar refractivity (Wildman–Crippen MR) is 107 cm³/mol. The van der Waals surface area contributed by atoms with Gasteiger partial charge in [-0.2, -0.15) is 0 Å². The van der Waals surface area contributed by atoms with Gasteiger partial charge in [-0.05, 0) is 37.1 Å². The highest BCUT2D eigenvalue weighted by molar-refractivity contribution is 7.99. The van der Waals surface area contributed by atoms with Gasteiger partial charge in [0.15, 0.2) is 0 Å². The molecule has 0 radical (unpaired) electrons. The molecular weight excluding hydrogens is 342 g/mol. The van der Waals surface area contributed by atoms with Crippen molar-refractivity contribution < 1.29 is 4.79 Å². The zero-order valence-corrected chi connectivity index (χ0v) is 15.9. The largest absolute Gasteiger partial charge is 0.351 e. The van der Waals surface area contributed by atoms with E-state index in [2.05, 4.69) is 22.4 Å². The maximum atomic E-state index is 12.3. The number of carbonyl (C=O) groups excluding carboxylic acids is 1. The van der Waals surface area contributed by atoms with Crippen molar-refractivity contribution in [3.05, 3.63) is 83.9 Å². The van der Waals surface area contributed by atoms with E-state index in [0.29, 0.717) is 6.54 Å². The van der Waals surface area contributed by atoms with Crippen LogP contribution < -0.4 is 5.32 Å². The number of amides is 1. The summed E-state index contributed by atoms with van der Waals surface area (Å²) in [5, 5.41) is 2.94. The standard InChI is InChI=1S/C21H23N3OS/c1-16(26-15-19-6-4-3-5-7-19)21(25)23-14-18-8-10-20(11-9-18)24-13-12-22-17(24)2/h3-13,16H,14-15H2,1-2H3,(H,23,25). The minimum Gasteiger partial charge on any atom is -0.351 e. The van der Waals surface area contributed by atoms with E-state index in [1.807, 2.05) is 67.1 Å². The number of hydrogen-bond donors (Lipinski definition) is 1. The maximum Gasteiger partial charge on any atom is 0.233 e. The van der Waals surface area contributed by atoms with Gasteiger partial charge in [-0.15, -0.1) is 11.8 Å². The van der Waals surface area contributed by atoms with Crippen molar-refractivity contribution in [1.82, 2.24) is 14.9 Å². The molecule has 0 saturated heterocycles. The summed E-state index contributed by atoms with van der Waals surface area (Å²) in [5.41, 5.74) is 3.39. The molecule has 1 aromatic heterocycles. The summed E-state index contributed by atoms with van der Waals surface area (Å²) in [6.45, 7) is 4.47. The second-order valence-electron chi connectivity index (χ2n) is 6.17. The van der Waals surface area contributed by atoms with Crippen LogP contribution in [0.2, 0.25) is 0 Å². The fraction of sp³-hybridized carbons (Fsp3) is 0.238. The Morgan fingerprint density at radius 1 is 1.12 bits per heavy atom. The third-order valence-electron chi connectivity index (χ3n) is 4.22. The second kappa shape index (κ2) is 8.72. The number of hydrogen-bond acceptors (Lipinski definition) is 3. The van der Waals surface area contributed by atoms with Crippen LogP contribution in [0.1, 0.15) is 23.9 Å². The average Bonchev–Trinajstić information content (AvgIpc) is 3.11. The highest BCUT2D eigenvalue weighted by Gasteiger charge is 2.13. The molecule has 0 aliphatic heterocycles. The van der Waals surface area contributed by atoms with Crippen molar-refractivity contribution in [1.29, 1.82) is 0 Å². The van der Waals surface area contributed by atoms with Crippen molar-refractivity contribution in [3.63, 3.8) is 0 Å². The lowest BCUT2D eigenvalue weighted by Crippen LogP contribution is -2.30. The molecule has 1 N–H and O–H groups in total. The molecule has 1 unspecified atom stereocenters. The van der Waals surface area contributed by atoms with E-state index in [0.717, 1.165) is 22.8 Å². The number of benzene rings is 2. The molecule has 1 atom stereocenters. The van der Waals surface area contributed by atoms with E-state index in [1.165, 1.54) is 5.56 Å². The van der Waals surface area contributed by atoms with Crippen LogP contribution in [0.5, 0.6) is 0 Å². The molecule has 0 saturated carbocycles. The minimum atomic E-state index is -0.0805. The Hall–Kier alpha value is -2.53. The lowest BCUT2D eigenvalue weighted by atomic mass is 10.2. The molecule has 0 spiro atoms. The van der Waals surface area contributed by atoms with Crippen LogP contribution in [0.3, 0.4) is 0 Å². The number of thioether (sulfide) groups is 1. The van der Waals surface area contributed by atoms with Gasteiger partial charge in [0.2, 0.25) is 5.91 Å². The molecule has 134 valence electrons. The first kappa shape index (κ1) is 18.3. The molecule has 4 nitrogen and oxygen atoms in total. The molecular formula is C21H23N3OS. The van der Waals surface area contributed by atoms with E-state index < -0.39 is 0 Å². The van der Waals surface area contributed by atoms with Crippen LogP contribution in [0, 0.1) is 6.92 Å². The summed E-state index contributed by atoms with van der Waals surface area (Å²) < 4.78 is 2.03. The van der Waals surface area contributed by atoms with Crippen LogP contribution in [0.25, 0.3) is 5.69 Å². The molecule has 0 aliphatic rings. The van der Waals surface area contributed by atoms with E-state index in [-0.39, 0.29) is 11.2 Å². The number of nitrogens with one attached hydrogen (secondary N) is 1. The van der Waals surface area contributed by atoms with Crippen LogP contribution >= 0.6 is 11.8 Å². The van der Waals surface area contributed by atoms with Gasteiger partial charge in [-0.3, -0.25) is 4.79 Å². The van der Waals surface area contributed by atoms with Gasteiger partial charge in [0, 0.05) is 30.4 Å². The summed E-state index contributed by atoms with van der Waals surface area (Å²) in [4.78, 5) is 16.5.